The standard InChI is InChI=1S/C24H42N10O3/c1-24(2,3)37-23(35)28-8-4-7-27-16-19(33-25)17-29-22-31-20(30-18-5-9-26-10-6-18)15-21(32-22)34-11-13-36-14-12-34/h15-16,18,25-27H,4-14,17H2,1-3H3,(H,28,35)(H2,29,30,31,32)/b19-16-,33-25?. The number of hydrogen-bond donors (Lipinski definition) is 6. The van der Waals surface area contributed by atoms with Crippen LogP contribution in [0.25, 0.3) is 0 Å². The Morgan fingerprint density at radius 1 is 1.27 bits per heavy atom. The SMILES string of the molecule is CC(C)(C)OC(=O)NCCCN/C=C(/CNc1nc(NC2CCNCC2)cc(N2CCOCC2)n1)N=N. The number of alkyl carbamates (subject to hydrolysis) is 1. The van der Waals surface area contributed by atoms with Crippen LogP contribution < -0.4 is 31.5 Å². The molecule has 3 rings (SSSR count). The minimum absolute atomic E-state index is 0.298. The van der Waals surface area contributed by atoms with E-state index in [1.165, 1.54) is 0 Å². The summed E-state index contributed by atoms with van der Waals surface area (Å²) in [5, 5.41) is 19.6. The summed E-state index contributed by atoms with van der Waals surface area (Å²) >= 11 is 0. The van der Waals surface area contributed by atoms with Crippen molar-refractivity contribution in [1.29, 1.82) is 5.53 Å². The van der Waals surface area contributed by atoms with Gasteiger partial charge in [0.05, 0.1) is 25.5 Å². The lowest BCUT2D eigenvalue weighted by molar-refractivity contribution is 0.0527. The second-order valence-corrected chi connectivity index (χ2v) is 10.0. The first kappa shape index (κ1) is 28.4. The van der Waals surface area contributed by atoms with Crippen LogP contribution in [-0.4, -0.2) is 86.7 Å². The Morgan fingerprint density at radius 2 is 2.03 bits per heavy atom. The summed E-state index contributed by atoms with van der Waals surface area (Å²) in [5.74, 6) is 2.12. The van der Waals surface area contributed by atoms with E-state index in [4.69, 9.17) is 20.0 Å². The van der Waals surface area contributed by atoms with Crippen LogP contribution in [-0.2, 0) is 9.47 Å². The number of anilines is 3. The van der Waals surface area contributed by atoms with Crippen molar-refractivity contribution < 1.29 is 14.3 Å². The Hall–Kier alpha value is -3.19. The lowest BCUT2D eigenvalue weighted by Crippen LogP contribution is -2.37. The largest absolute Gasteiger partial charge is 0.444 e. The monoisotopic (exact) mass is 518 g/mol. The van der Waals surface area contributed by atoms with Crippen LogP contribution in [0, 0.1) is 5.53 Å². The number of carbonyl (C=O) groups is 1. The summed E-state index contributed by atoms with van der Waals surface area (Å²) < 4.78 is 10.7. The van der Waals surface area contributed by atoms with E-state index < -0.39 is 11.7 Å². The summed E-state index contributed by atoms with van der Waals surface area (Å²) in [6.07, 6.45) is 4.05. The molecule has 2 aliphatic rings. The van der Waals surface area contributed by atoms with Gasteiger partial charge in [0, 0.05) is 44.5 Å². The zero-order chi connectivity index (χ0) is 26.5. The zero-order valence-corrected chi connectivity index (χ0v) is 22.2. The maximum atomic E-state index is 11.7. The molecular formula is C24H42N10O3. The summed E-state index contributed by atoms with van der Waals surface area (Å²) in [7, 11) is 0. The fourth-order valence-electron chi connectivity index (χ4n) is 3.89. The molecule has 1 aromatic rings. The predicted molar refractivity (Wildman–Crippen MR) is 143 cm³/mol. The van der Waals surface area contributed by atoms with E-state index in [2.05, 4.69) is 41.6 Å². The van der Waals surface area contributed by atoms with Gasteiger partial charge in [-0.15, -0.1) is 0 Å². The van der Waals surface area contributed by atoms with Gasteiger partial charge in [0.25, 0.3) is 0 Å². The van der Waals surface area contributed by atoms with Crippen LogP contribution in [0.1, 0.15) is 40.0 Å². The molecule has 2 fully saturated rings. The Morgan fingerprint density at radius 3 is 2.73 bits per heavy atom. The minimum atomic E-state index is -0.516. The molecule has 3 heterocycles. The third-order valence-corrected chi connectivity index (χ3v) is 5.74. The molecule has 0 bridgehead atoms. The highest BCUT2D eigenvalue weighted by atomic mass is 16.6. The molecule has 0 aromatic carbocycles. The molecule has 206 valence electrons. The summed E-state index contributed by atoms with van der Waals surface area (Å²) in [6.45, 7) is 11.8. The average molecular weight is 519 g/mol. The molecule has 0 spiro atoms. The highest BCUT2D eigenvalue weighted by molar-refractivity contribution is 5.67. The first-order valence-electron chi connectivity index (χ1n) is 13.0. The number of carbonyl (C=O) groups excluding carboxylic acids is 1. The molecule has 2 saturated heterocycles. The van der Waals surface area contributed by atoms with Gasteiger partial charge in [-0.25, -0.2) is 10.3 Å². The molecule has 1 amide bonds. The number of piperidine rings is 1. The Bertz CT molecular complexity index is 893. The van der Waals surface area contributed by atoms with Crippen LogP contribution in [0.2, 0.25) is 0 Å². The maximum absolute atomic E-state index is 11.7. The van der Waals surface area contributed by atoms with E-state index in [9.17, 15) is 4.79 Å². The van der Waals surface area contributed by atoms with Crippen LogP contribution in [0.5, 0.6) is 0 Å². The van der Waals surface area contributed by atoms with Gasteiger partial charge in [-0.3, -0.25) is 0 Å². The fourth-order valence-corrected chi connectivity index (χ4v) is 3.89. The number of amides is 1. The second kappa shape index (κ2) is 14.5. The van der Waals surface area contributed by atoms with Crippen LogP contribution in [0.3, 0.4) is 0 Å². The van der Waals surface area contributed by atoms with Crippen LogP contribution in [0.4, 0.5) is 22.4 Å². The topological polar surface area (TPSA) is 161 Å². The normalized spacial score (nSPS) is 17.2. The van der Waals surface area contributed by atoms with Crippen molar-refractivity contribution in [2.75, 3.05) is 74.6 Å². The molecule has 1 aromatic heterocycles. The Labute approximate surface area is 219 Å². The van der Waals surface area contributed by atoms with Crippen LogP contribution >= 0.6 is 0 Å². The van der Waals surface area contributed by atoms with Crippen molar-refractivity contribution in [3.05, 3.63) is 18.0 Å². The second-order valence-electron chi connectivity index (χ2n) is 10.0. The van der Waals surface area contributed by atoms with Gasteiger partial charge in [-0.05, 0) is 53.1 Å². The van der Waals surface area contributed by atoms with E-state index in [0.717, 1.165) is 50.7 Å². The third kappa shape index (κ3) is 10.8. The summed E-state index contributed by atoms with van der Waals surface area (Å²) in [6, 6.07) is 2.37. The van der Waals surface area contributed by atoms with Crippen molar-refractivity contribution in [2.24, 2.45) is 5.11 Å². The van der Waals surface area contributed by atoms with Crippen molar-refractivity contribution in [1.82, 2.24) is 25.9 Å². The fraction of sp³-hybridized carbons (Fsp3) is 0.708. The third-order valence-electron chi connectivity index (χ3n) is 5.74. The first-order chi connectivity index (χ1) is 17.8. The molecule has 13 heteroatoms. The van der Waals surface area contributed by atoms with E-state index in [1.807, 2.05) is 26.8 Å². The summed E-state index contributed by atoms with van der Waals surface area (Å²) in [4.78, 5) is 23.3. The molecule has 0 atom stereocenters. The predicted octanol–water partition coefficient (Wildman–Crippen LogP) is 2.27. The van der Waals surface area contributed by atoms with Gasteiger partial charge in [-0.1, -0.05) is 0 Å². The van der Waals surface area contributed by atoms with Crippen LogP contribution in [0.15, 0.2) is 23.1 Å². The minimum Gasteiger partial charge on any atom is -0.444 e. The lowest BCUT2D eigenvalue weighted by atomic mass is 10.1. The van der Waals surface area contributed by atoms with E-state index in [-0.39, 0.29) is 0 Å². The van der Waals surface area contributed by atoms with E-state index in [0.29, 0.717) is 57.0 Å². The molecule has 0 unspecified atom stereocenters. The van der Waals surface area contributed by atoms with Gasteiger partial charge in [0.15, 0.2) is 0 Å². The smallest absolute Gasteiger partial charge is 0.407 e. The summed E-state index contributed by atoms with van der Waals surface area (Å²) in [5.41, 5.74) is 7.51. The van der Waals surface area contributed by atoms with Gasteiger partial charge >= 0.3 is 6.09 Å². The number of morpholine rings is 1. The first-order valence-corrected chi connectivity index (χ1v) is 13.0. The molecule has 0 aliphatic carbocycles. The number of nitrogens with one attached hydrogen (secondary N) is 6. The van der Waals surface area contributed by atoms with Crippen molar-refractivity contribution >= 4 is 23.7 Å². The van der Waals surface area contributed by atoms with Crippen molar-refractivity contribution in [3.8, 4) is 0 Å². The number of ether oxygens (including phenoxy) is 2. The van der Waals surface area contributed by atoms with Gasteiger partial charge in [0.1, 0.15) is 17.2 Å². The molecular weight excluding hydrogens is 476 g/mol. The number of nitrogens with zero attached hydrogens (tertiary/aromatic N) is 4. The maximum Gasteiger partial charge on any atom is 0.407 e. The molecule has 13 nitrogen and oxygen atoms in total. The molecule has 37 heavy (non-hydrogen) atoms. The molecule has 0 saturated carbocycles. The quantitative estimate of drug-likeness (QED) is 0.179. The average Bonchev–Trinajstić information content (AvgIpc) is 2.88. The number of aromatic nitrogens is 2. The van der Waals surface area contributed by atoms with Gasteiger partial charge < -0.3 is 41.0 Å². The number of rotatable bonds is 12. The lowest BCUT2D eigenvalue weighted by Gasteiger charge is -2.29. The van der Waals surface area contributed by atoms with Gasteiger partial charge in [0.2, 0.25) is 5.95 Å². The zero-order valence-electron chi connectivity index (χ0n) is 22.2. The highest BCUT2D eigenvalue weighted by Gasteiger charge is 2.18. The molecule has 6 N–H and O–H groups in total. The van der Waals surface area contributed by atoms with Crippen molar-refractivity contribution in [3.63, 3.8) is 0 Å². The Kier molecular flexibility index (Phi) is 11.1. The van der Waals surface area contributed by atoms with Gasteiger partial charge in [-0.2, -0.15) is 15.1 Å². The Balaban J connectivity index is 1.51. The van der Waals surface area contributed by atoms with E-state index in [1.54, 1.807) is 6.20 Å². The van der Waals surface area contributed by atoms with E-state index >= 15 is 0 Å². The highest BCUT2D eigenvalue weighted by Crippen LogP contribution is 2.21. The van der Waals surface area contributed by atoms with Crippen molar-refractivity contribution in [2.45, 2.75) is 51.7 Å². The molecule has 2 aliphatic heterocycles. The molecule has 0 radical (unpaired) electrons. The number of hydrogen-bond acceptors (Lipinski definition) is 12.